The quantitative estimate of drug-likeness (QED) is 0.799. The number of thioether (sulfide) groups is 1. The Hall–Kier alpha value is -0.520. The third-order valence-corrected chi connectivity index (χ3v) is 4.84. The van der Waals surface area contributed by atoms with Gasteiger partial charge >= 0.3 is 0 Å². The molecule has 1 atom stereocenters. The van der Waals surface area contributed by atoms with E-state index in [0.29, 0.717) is 11.3 Å². The summed E-state index contributed by atoms with van der Waals surface area (Å²) in [5.74, 6) is 2.20. The van der Waals surface area contributed by atoms with E-state index in [9.17, 15) is 0 Å². The number of halogens is 1. The highest BCUT2D eigenvalue weighted by molar-refractivity contribution is 7.99. The maximum absolute atomic E-state index is 6.07. The van der Waals surface area contributed by atoms with Crippen molar-refractivity contribution in [2.24, 2.45) is 0 Å². The maximum atomic E-state index is 6.07. The average Bonchev–Trinajstić information content (AvgIpc) is 2.38. The van der Waals surface area contributed by atoms with E-state index < -0.39 is 0 Å². The first-order valence-electron chi connectivity index (χ1n) is 6.42. The van der Waals surface area contributed by atoms with Crippen LogP contribution in [0.1, 0.15) is 19.0 Å². The van der Waals surface area contributed by atoms with E-state index in [1.165, 1.54) is 11.3 Å². The van der Waals surface area contributed by atoms with Crippen LogP contribution < -0.4 is 10.2 Å². The molecule has 0 spiro atoms. The summed E-state index contributed by atoms with van der Waals surface area (Å²) in [4.78, 5) is 12.5. The molecule has 0 aliphatic carbocycles. The summed E-state index contributed by atoms with van der Waals surface area (Å²) in [5, 5.41) is 3.79. The Morgan fingerprint density at radius 3 is 3.17 bits per heavy atom. The van der Waals surface area contributed by atoms with Crippen LogP contribution in [0, 0.1) is 0 Å². The molecule has 1 saturated heterocycles. The van der Waals surface area contributed by atoms with E-state index in [2.05, 4.69) is 27.1 Å². The first-order valence-corrected chi connectivity index (χ1v) is 7.78. The van der Waals surface area contributed by atoms with Gasteiger partial charge in [0.15, 0.2) is 0 Å². The molecule has 3 heterocycles. The van der Waals surface area contributed by atoms with Crippen molar-refractivity contribution in [3.8, 4) is 0 Å². The second-order valence-corrected chi connectivity index (χ2v) is 6.23. The van der Waals surface area contributed by atoms with Gasteiger partial charge in [-0.3, -0.25) is 0 Å². The fourth-order valence-electron chi connectivity index (χ4n) is 2.54. The van der Waals surface area contributed by atoms with Gasteiger partial charge < -0.3 is 10.2 Å². The summed E-state index contributed by atoms with van der Waals surface area (Å²) in [6.07, 6.45) is 2.21. The molecule has 3 rings (SSSR count). The van der Waals surface area contributed by atoms with Crippen LogP contribution in [0.15, 0.2) is 4.90 Å². The van der Waals surface area contributed by atoms with E-state index in [-0.39, 0.29) is 0 Å². The molecule has 1 fully saturated rings. The van der Waals surface area contributed by atoms with Gasteiger partial charge in [-0.2, -0.15) is 4.98 Å². The van der Waals surface area contributed by atoms with Crippen LogP contribution in [0.25, 0.3) is 0 Å². The van der Waals surface area contributed by atoms with Crippen LogP contribution in [0.3, 0.4) is 0 Å². The highest BCUT2D eigenvalue weighted by Gasteiger charge is 2.26. The summed E-state index contributed by atoms with van der Waals surface area (Å²) >= 11 is 7.95. The summed E-state index contributed by atoms with van der Waals surface area (Å²) in [6, 6.07) is 0.455. The van der Waals surface area contributed by atoms with E-state index in [1.807, 2.05) is 11.8 Å². The Balaban J connectivity index is 2.01. The number of rotatable bonds is 1. The van der Waals surface area contributed by atoms with Gasteiger partial charge in [-0.1, -0.05) is 0 Å². The van der Waals surface area contributed by atoms with Crippen LogP contribution in [0.5, 0.6) is 0 Å². The van der Waals surface area contributed by atoms with Crippen molar-refractivity contribution >= 4 is 29.2 Å². The van der Waals surface area contributed by atoms with Gasteiger partial charge in [-0.05, 0) is 37.1 Å². The summed E-state index contributed by atoms with van der Waals surface area (Å²) < 4.78 is 0. The Morgan fingerprint density at radius 2 is 2.33 bits per heavy atom. The predicted octanol–water partition coefficient (Wildman–Crippen LogP) is 1.97. The largest absolute Gasteiger partial charge is 0.350 e. The molecule has 18 heavy (non-hydrogen) atoms. The van der Waals surface area contributed by atoms with Gasteiger partial charge in [0.2, 0.25) is 5.28 Å². The molecule has 4 nitrogen and oxygen atoms in total. The van der Waals surface area contributed by atoms with Crippen molar-refractivity contribution in [2.75, 3.05) is 30.3 Å². The molecule has 0 radical (unpaired) electrons. The maximum Gasteiger partial charge on any atom is 0.224 e. The van der Waals surface area contributed by atoms with E-state index in [1.54, 1.807) is 0 Å². The van der Waals surface area contributed by atoms with Crippen molar-refractivity contribution in [2.45, 2.75) is 30.7 Å². The molecule has 0 saturated carbocycles. The molecule has 1 aromatic rings. The third-order valence-electron chi connectivity index (χ3n) is 3.47. The molecule has 98 valence electrons. The predicted molar refractivity (Wildman–Crippen MR) is 75.8 cm³/mol. The normalized spacial score (nSPS) is 23.9. The average molecular weight is 285 g/mol. The molecule has 0 bridgehead atoms. The lowest BCUT2D eigenvalue weighted by Crippen LogP contribution is -2.50. The minimum atomic E-state index is 0.386. The van der Waals surface area contributed by atoms with Crippen molar-refractivity contribution in [3.05, 3.63) is 11.0 Å². The summed E-state index contributed by atoms with van der Waals surface area (Å²) in [7, 11) is 0. The van der Waals surface area contributed by atoms with E-state index in [4.69, 9.17) is 11.6 Å². The van der Waals surface area contributed by atoms with Crippen molar-refractivity contribution < 1.29 is 0 Å². The number of aromatic nitrogens is 2. The SMILES string of the molecule is CC1CNCCN1c1nc(Cl)nc2c1SCCC2. The highest BCUT2D eigenvalue weighted by Crippen LogP contribution is 2.37. The number of hydrogen-bond acceptors (Lipinski definition) is 5. The van der Waals surface area contributed by atoms with Gasteiger partial charge in [0, 0.05) is 25.7 Å². The van der Waals surface area contributed by atoms with Gasteiger partial charge in [0.05, 0.1) is 10.6 Å². The Labute approximate surface area is 117 Å². The number of anilines is 1. The number of aryl methyl sites for hydroxylation is 1. The van der Waals surface area contributed by atoms with Crippen molar-refractivity contribution in [1.82, 2.24) is 15.3 Å². The minimum Gasteiger partial charge on any atom is -0.350 e. The van der Waals surface area contributed by atoms with Crippen LogP contribution in [0.4, 0.5) is 5.82 Å². The van der Waals surface area contributed by atoms with Gasteiger partial charge in [0.1, 0.15) is 5.82 Å². The summed E-state index contributed by atoms with van der Waals surface area (Å²) in [5.41, 5.74) is 1.13. The van der Waals surface area contributed by atoms with E-state index in [0.717, 1.165) is 43.3 Å². The lowest BCUT2D eigenvalue weighted by atomic mass is 10.2. The number of fused-ring (bicyclic) bond motifs is 1. The molecule has 1 N–H and O–H groups in total. The Morgan fingerprint density at radius 1 is 1.44 bits per heavy atom. The zero-order valence-corrected chi connectivity index (χ0v) is 12.0. The fourth-order valence-corrected chi connectivity index (χ4v) is 3.82. The van der Waals surface area contributed by atoms with Crippen molar-refractivity contribution in [3.63, 3.8) is 0 Å². The monoisotopic (exact) mass is 284 g/mol. The van der Waals surface area contributed by atoms with E-state index >= 15 is 0 Å². The van der Waals surface area contributed by atoms with Crippen LogP contribution in [0.2, 0.25) is 5.28 Å². The fraction of sp³-hybridized carbons (Fsp3) is 0.667. The van der Waals surface area contributed by atoms with Crippen LogP contribution in [-0.2, 0) is 6.42 Å². The number of hydrogen-bond donors (Lipinski definition) is 1. The van der Waals surface area contributed by atoms with Gasteiger partial charge in [0.25, 0.3) is 0 Å². The Bertz CT molecular complexity index is 454. The molecule has 0 aromatic carbocycles. The molecule has 1 unspecified atom stereocenters. The smallest absolute Gasteiger partial charge is 0.224 e. The van der Waals surface area contributed by atoms with Gasteiger partial charge in [-0.25, -0.2) is 4.98 Å². The van der Waals surface area contributed by atoms with Crippen LogP contribution >= 0.6 is 23.4 Å². The van der Waals surface area contributed by atoms with Crippen LogP contribution in [-0.4, -0.2) is 41.4 Å². The molecular formula is C12H17ClN4S. The molecule has 2 aliphatic heterocycles. The Kier molecular flexibility index (Phi) is 3.63. The second kappa shape index (κ2) is 5.23. The third kappa shape index (κ3) is 2.31. The molecule has 6 heteroatoms. The highest BCUT2D eigenvalue weighted by atomic mass is 35.5. The topological polar surface area (TPSA) is 41.0 Å². The zero-order valence-electron chi connectivity index (χ0n) is 10.4. The number of nitrogens with zero attached hydrogens (tertiary/aromatic N) is 3. The lowest BCUT2D eigenvalue weighted by Gasteiger charge is -2.36. The number of piperazine rings is 1. The standard InChI is InChI=1S/C12H17ClN4S/c1-8-7-14-4-5-17(8)11-10-9(3-2-6-18-10)15-12(13)16-11/h8,14H,2-7H2,1H3. The first kappa shape index (κ1) is 12.5. The zero-order chi connectivity index (χ0) is 12.5. The molecule has 1 aromatic heterocycles. The van der Waals surface area contributed by atoms with Gasteiger partial charge in [-0.15, -0.1) is 11.8 Å². The molecule has 0 amide bonds. The van der Waals surface area contributed by atoms with Crippen molar-refractivity contribution in [1.29, 1.82) is 0 Å². The minimum absolute atomic E-state index is 0.386. The molecular weight excluding hydrogens is 268 g/mol. The summed E-state index contributed by atoms with van der Waals surface area (Å²) in [6.45, 7) is 5.22. The lowest BCUT2D eigenvalue weighted by molar-refractivity contribution is 0.493. The first-order chi connectivity index (χ1) is 8.75. The number of nitrogens with one attached hydrogen (secondary N) is 1. The molecule has 2 aliphatic rings. The second-order valence-electron chi connectivity index (χ2n) is 4.79.